The molecule has 0 spiro atoms. The van der Waals surface area contributed by atoms with Crippen molar-refractivity contribution in [2.24, 2.45) is 0 Å². The number of hydrogen-bond acceptors (Lipinski definition) is 6. The molecule has 2 aromatic rings. The molecule has 2 rings (SSSR count). The Morgan fingerprint density at radius 2 is 1.94 bits per heavy atom. The smallest absolute Gasteiger partial charge is 0.276 e. The van der Waals surface area contributed by atoms with Crippen molar-refractivity contribution in [3.63, 3.8) is 0 Å². The van der Waals surface area contributed by atoms with Crippen molar-refractivity contribution in [1.82, 2.24) is 10.2 Å². The summed E-state index contributed by atoms with van der Waals surface area (Å²) in [7, 11) is 3.30. The molecule has 0 N–H and O–H groups in total. The second-order valence-electron chi connectivity index (χ2n) is 3.44. The van der Waals surface area contributed by atoms with Gasteiger partial charge in [-0.25, -0.2) is 0 Å². The molecule has 0 aliphatic heterocycles. The van der Waals surface area contributed by atoms with Crippen molar-refractivity contribution in [2.45, 2.75) is 5.22 Å². The van der Waals surface area contributed by atoms with Gasteiger partial charge in [-0.2, -0.15) is 0 Å². The third-order valence-corrected chi connectivity index (χ3v) is 3.04. The Labute approximate surface area is 110 Å². The molecule has 1 aromatic carbocycles. The Morgan fingerprint density at radius 1 is 1.17 bits per heavy atom. The first-order chi connectivity index (χ1) is 8.83. The van der Waals surface area contributed by atoms with Crippen LogP contribution >= 0.6 is 11.8 Å². The van der Waals surface area contributed by atoms with E-state index in [-0.39, 0.29) is 0 Å². The van der Waals surface area contributed by atoms with Crippen LogP contribution < -0.4 is 4.74 Å². The van der Waals surface area contributed by atoms with Gasteiger partial charge in [-0.05, 0) is 24.3 Å². The van der Waals surface area contributed by atoms with E-state index >= 15 is 0 Å². The number of rotatable bonds is 6. The zero-order valence-corrected chi connectivity index (χ0v) is 11.1. The highest BCUT2D eigenvalue weighted by atomic mass is 32.2. The number of ether oxygens (including phenoxy) is 2. The Morgan fingerprint density at radius 3 is 2.61 bits per heavy atom. The third-order valence-electron chi connectivity index (χ3n) is 2.26. The molecule has 18 heavy (non-hydrogen) atoms. The summed E-state index contributed by atoms with van der Waals surface area (Å²) in [4.78, 5) is 0. The van der Waals surface area contributed by atoms with Gasteiger partial charge in [0.2, 0.25) is 5.89 Å². The quantitative estimate of drug-likeness (QED) is 0.591. The molecule has 6 heteroatoms. The van der Waals surface area contributed by atoms with Crippen LogP contribution in [-0.2, 0) is 4.74 Å². The Balaban J connectivity index is 2.04. The minimum atomic E-state index is 0.512. The van der Waals surface area contributed by atoms with Crippen molar-refractivity contribution in [1.29, 1.82) is 0 Å². The fraction of sp³-hybridized carbons (Fsp3) is 0.333. The second-order valence-corrected chi connectivity index (χ2v) is 4.49. The van der Waals surface area contributed by atoms with Gasteiger partial charge in [0.05, 0.1) is 13.7 Å². The highest BCUT2D eigenvalue weighted by molar-refractivity contribution is 7.99. The Bertz CT molecular complexity index is 484. The summed E-state index contributed by atoms with van der Waals surface area (Å²) in [6, 6.07) is 7.49. The van der Waals surface area contributed by atoms with E-state index in [1.54, 1.807) is 14.2 Å². The van der Waals surface area contributed by atoms with Gasteiger partial charge in [-0.1, -0.05) is 11.8 Å². The minimum absolute atomic E-state index is 0.512. The molecular formula is C12H14N2O3S. The van der Waals surface area contributed by atoms with E-state index in [1.807, 2.05) is 24.3 Å². The normalized spacial score (nSPS) is 10.6. The molecule has 0 aliphatic rings. The van der Waals surface area contributed by atoms with Gasteiger partial charge in [0.25, 0.3) is 5.22 Å². The lowest BCUT2D eigenvalue weighted by molar-refractivity contribution is 0.218. The van der Waals surface area contributed by atoms with E-state index in [1.165, 1.54) is 11.8 Å². The van der Waals surface area contributed by atoms with Gasteiger partial charge in [-0.3, -0.25) is 0 Å². The van der Waals surface area contributed by atoms with Crippen LogP contribution in [-0.4, -0.2) is 36.8 Å². The first-order valence-electron chi connectivity index (χ1n) is 5.43. The molecule has 0 aliphatic carbocycles. The van der Waals surface area contributed by atoms with Crippen LogP contribution in [0, 0.1) is 0 Å². The first kappa shape index (κ1) is 12.9. The van der Waals surface area contributed by atoms with E-state index < -0.39 is 0 Å². The van der Waals surface area contributed by atoms with Crippen LogP contribution in [0.5, 0.6) is 5.75 Å². The van der Waals surface area contributed by atoms with Crippen molar-refractivity contribution < 1.29 is 13.9 Å². The molecule has 0 bridgehead atoms. The standard InChI is InChI=1S/C12H14N2O3S/c1-15-7-8-18-12-14-13-11(17-12)9-3-5-10(16-2)6-4-9/h3-6H,7-8H2,1-2H3. The van der Waals surface area contributed by atoms with Crippen LogP contribution in [0.15, 0.2) is 33.9 Å². The number of hydrogen-bond donors (Lipinski definition) is 0. The predicted molar refractivity (Wildman–Crippen MR) is 68.9 cm³/mol. The van der Waals surface area contributed by atoms with Crippen molar-refractivity contribution in [3.05, 3.63) is 24.3 Å². The van der Waals surface area contributed by atoms with E-state index in [2.05, 4.69) is 10.2 Å². The molecule has 0 saturated carbocycles. The first-order valence-corrected chi connectivity index (χ1v) is 6.41. The number of methoxy groups -OCH3 is 2. The lowest BCUT2D eigenvalue weighted by Gasteiger charge is -1.99. The molecule has 0 unspecified atom stereocenters. The van der Waals surface area contributed by atoms with Crippen molar-refractivity contribution in [2.75, 3.05) is 26.6 Å². The van der Waals surface area contributed by atoms with E-state index in [0.717, 1.165) is 17.1 Å². The molecule has 0 saturated heterocycles. The van der Waals surface area contributed by atoms with Gasteiger partial charge >= 0.3 is 0 Å². The highest BCUT2D eigenvalue weighted by Gasteiger charge is 2.08. The zero-order valence-electron chi connectivity index (χ0n) is 10.3. The number of benzene rings is 1. The van der Waals surface area contributed by atoms with Gasteiger partial charge in [0.15, 0.2) is 0 Å². The maximum atomic E-state index is 5.53. The maximum Gasteiger partial charge on any atom is 0.276 e. The van der Waals surface area contributed by atoms with Gasteiger partial charge in [0, 0.05) is 18.4 Å². The zero-order chi connectivity index (χ0) is 12.8. The maximum absolute atomic E-state index is 5.53. The summed E-state index contributed by atoms with van der Waals surface area (Å²) < 4.78 is 15.6. The SMILES string of the molecule is COCCSc1nnc(-c2ccc(OC)cc2)o1. The van der Waals surface area contributed by atoms with Crippen molar-refractivity contribution in [3.8, 4) is 17.2 Å². The molecule has 0 amide bonds. The lowest BCUT2D eigenvalue weighted by Crippen LogP contribution is -1.90. The average molecular weight is 266 g/mol. The Kier molecular flexibility index (Phi) is 4.60. The highest BCUT2D eigenvalue weighted by Crippen LogP contribution is 2.24. The Hall–Kier alpha value is -1.53. The summed E-state index contributed by atoms with van der Waals surface area (Å²) in [5, 5.41) is 8.52. The topological polar surface area (TPSA) is 57.4 Å². The molecule has 1 heterocycles. The van der Waals surface area contributed by atoms with E-state index in [4.69, 9.17) is 13.9 Å². The number of nitrogens with zero attached hydrogens (tertiary/aromatic N) is 2. The molecule has 0 fully saturated rings. The summed E-state index contributed by atoms with van der Waals surface area (Å²) >= 11 is 1.48. The van der Waals surface area contributed by atoms with E-state index in [9.17, 15) is 0 Å². The molecule has 0 radical (unpaired) electrons. The minimum Gasteiger partial charge on any atom is -0.497 e. The molecular weight excluding hydrogens is 252 g/mol. The van der Waals surface area contributed by atoms with Crippen molar-refractivity contribution >= 4 is 11.8 Å². The summed E-state index contributed by atoms with van der Waals surface area (Å²) in [6.45, 7) is 0.658. The molecule has 96 valence electrons. The third kappa shape index (κ3) is 3.24. The fourth-order valence-electron chi connectivity index (χ4n) is 1.33. The van der Waals surface area contributed by atoms with Crippen LogP contribution in [0.1, 0.15) is 0 Å². The van der Waals surface area contributed by atoms with Gasteiger partial charge in [-0.15, -0.1) is 10.2 Å². The number of thioether (sulfide) groups is 1. The van der Waals surface area contributed by atoms with Crippen LogP contribution in [0.4, 0.5) is 0 Å². The average Bonchev–Trinajstić information content (AvgIpc) is 2.88. The lowest BCUT2D eigenvalue weighted by atomic mass is 10.2. The van der Waals surface area contributed by atoms with Crippen LogP contribution in [0.3, 0.4) is 0 Å². The summed E-state index contributed by atoms with van der Waals surface area (Å²) in [5.41, 5.74) is 0.877. The van der Waals surface area contributed by atoms with Crippen LogP contribution in [0.25, 0.3) is 11.5 Å². The van der Waals surface area contributed by atoms with Gasteiger partial charge in [0.1, 0.15) is 5.75 Å². The van der Waals surface area contributed by atoms with Gasteiger partial charge < -0.3 is 13.9 Å². The molecule has 5 nitrogen and oxygen atoms in total. The number of aromatic nitrogens is 2. The second kappa shape index (κ2) is 6.42. The van der Waals surface area contributed by atoms with Crippen LogP contribution in [0.2, 0.25) is 0 Å². The summed E-state index contributed by atoms with van der Waals surface area (Å²) in [6.07, 6.45) is 0. The van der Waals surface area contributed by atoms with E-state index in [0.29, 0.717) is 17.7 Å². The molecule has 1 aromatic heterocycles. The largest absolute Gasteiger partial charge is 0.497 e. The fourth-order valence-corrected chi connectivity index (χ4v) is 1.99. The molecule has 0 atom stereocenters. The monoisotopic (exact) mass is 266 g/mol. The predicted octanol–water partition coefficient (Wildman–Crippen LogP) is 2.48. The summed E-state index contributed by atoms with van der Waals surface area (Å²) in [5.74, 6) is 2.10.